The number of fused-ring (bicyclic) bond motifs is 1. The molecule has 0 amide bonds. The minimum atomic E-state index is -0.919. The number of nitrogens with zero attached hydrogens (tertiary/aromatic N) is 4. The van der Waals surface area contributed by atoms with Crippen LogP contribution in [0.2, 0.25) is 0 Å². The maximum Gasteiger partial charge on any atom is 0.305 e. The summed E-state index contributed by atoms with van der Waals surface area (Å²) < 4.78 is 18.9. The maximum absolute atomic E-state index is 11.7. The first-order valence-corrected chi connectivity index (χ1v) is 14.5. The number of nitrogen functional groups attached to an aromatic ring is 1. The van der Waals surface area contributed by atoms with E-state index in [9.17, 15) is 15.2 Å². The Kier molecular flexibility index (Phi) is 9.39. The van der Waals surface area contributed by atoms with E-state index >= 15 is 0 Å². The van der Waals surface area contributed by atoms with Gasteiger partial charge < -0.3 is 30.4 Å². The van der Waals surface area contributed by atoms with Gasteiger partial charge >= 0.3 is 5.97 Å². The highest BCUT2D eigenvalue weighted by molar-refractivity contribution is 5.97. The number of nitriles is 1. The van der Waals surface area contributed by atoms with Gasteiger partial charge in [-0.05, 0) is 37.0 Å². The number of benzene rings is 2. The predicted octanol–water partition coefficient (Wildman–Crippen LogP) is 5.15. The number of carbonyl (C=O) groups is 1. The van der Waals surface area contributed by atoms with Crippen molar-refractivity contribution in [2.75, 3.05) is 24.3 Å². The Balaban J connectivity index is 1.42. The average molecular weight is 585 g/mol. The molecule has 224 valence electrons. The molecule has 2 aromatic heterocycles. The van der Waals surface area contributed by atoms with Crippen molar-refractivity contribution in [2.45, 2.75) is 58.6 Å². The van der Waals surface area contributed by atoms with Crippen molar-refractivity contribution in [3.63, 3.8) is 0 Å². The number of rotatable bonds is 12. The normalized spacial score (nSPS) is 18.0. The van der Waals surface area contributed by atoms with Crippen LogP contribution in [0, 0.1) is 17.2 Å². The molecule has 0 spiro atoms. The van der Waals surface area contributed by atoms with Crippen LogP contribution in [0.15, 0.2) is 54.9 Å². The van der Waals surface area contributed by atoms with Gasteiger partial charge in [-0.1, -0.05) is 49.4 Å². The van der Waals surface area contributed by atoms with E-state index in [2.05, 4.69) is 21.4 Å². The second-order valence-electron chi connectivity index (χ2n) is 10.5. The number of unbranched alkanes of at least 4 members (excludes halogenated alkanes) is 1. The van der Waals surface area contributed by atoms with E-state index < -0.39 is 12.5 Å². The van der Waals surface area contributed by atoms with Gasteiger partial charge in [0, 0.05) is 30.9 Å². The van der Waals surface area contributed by atoms with Gasteiger partial charge in [-0.2, -0.15) is 5.26 Å². The number of carbonyl (C=O) groups excluding carboxylic acids is 1. The molecule has 0 bridgehead atoms. The van der Waals surface area contributed by atoms with Crippen molar-refractivity contribution < 1.29 is 24.1 Å². The smallest absolute Gasteiger partial charge is 0.305 e. The maximum atomic E-state index is 11.7. The quantitative estimate of drug-likeness (QED) is 0.150. The van der Waals surface area contributed by atoms with Crippen LogP contribution in [0.3, 0.4) is 0 Å². The molecule has 0 radical (unpaired) electrons. The van der Waals surface area contributed by atoms with Crippen LogP contribution >= 0.6 is 0 Å². The molecular formula is C32H36N6O5. The zero-order valence-corrected chi connectivity index (χ0v) is 24.3. The molecule has 5 rings (SSSR count). The molecule has 1 aliphatic rings. The SMILES string of the molecule is CCOC(=O)CCCCOc1cc(CNc2c(C#N)c3c(N)ncnc3n2C2OC(O)CC2C)ccc1-c1ccccc1. The fourth-order valence-electron chi connectivity index (χ4n) is 5.41. The van der Waals surface area contributed by atoms with Gasteiger partial charge in [-0.15, -0.1) is 0 Å². The Labute approximate surface area is 250 Å². The van der Waals surface area contributed by atoms with Crippen molar-refractivity contribution >= 4 is 28.6 Å². The number of nitrogens with one attached hydrogen (secondary N) is 1. The second kappa shape index (κ2) is 13.5. The average Bonchev–Trinajstić information content (AvgIpc) is 3.51. The lowest BCUT2D eigenvalue weighted by molar-refractivity contribution is -0.143. The molecule has 1 saturated heterocycles. The summed E-state index contributed by atoms with van der Waals surface area (Å²) in [6.45, 7) is 4.95. The van der Waals surface area contributed by atoms with Gasteiger partial charge in [-0.3, -0.25) is 9.36 Å². The summed E-state index contributed by atoms with van der Waals surface area (Å²) in [4.78, 5) is 20.2. The number of hydrogen-bond donors (Lipinski definition) is 3. The van der Waals surface area contributed by atoms with E-state index in [4.69, 9.17) is 19.9 Å². The third-order valence-electron chi connectivity index (χ3n) is 7.46. The van der Waals surface area contributed by atoms with Crippen LogP contribution in [-0.4, -0.2) is 45.1 Å². The molecule has 0 saturated carbocycles. The lowest BCUT2D eigenvalue weighted by Crippen LogP contribution is -2.18. The Morgan fingerprint density at radius 3 is 2.77 bits per heavy atom. The molecule has 3 atom stereocenters. The lowest BCUT2D eigenvalue weighted by atomic mass is 10.0. The molecule has 4 N–H and O–H groups in total. The summed E-state index contributed by atoms with van der Waals surface area (Å²) in [5.41, 5.74) is 9.86. The standard InChI is InChI=1S/C32H36N6O5/c1-3-41-26(39)11-7-8-14-42-25-16-21(12-13-23(25)22-9-5-4-6-10-22)18-35-30-24(17-33)28-29(34)36-19-37-31(28)38(30)32-20(2)15-27(40)43-32/h4-6,9-10,12-13,16,19-20,27,32,35,40H,3,7-8,11,14-15,18H2,1-2H3,(H2,34,36,37). The minimum absolute atomic E-state index is 0.0390. The van der Waals surface area contributed by atoms with Crippen LogP contribution in [0.1, 0.15) is 56.9 Å². The molecule has 1 aliphatic heterocycles. The number of hydrogen-bond acceptors (Lipinski definition) is 10. The van der Waals surface area contributed by atoms with E-state index in [-0.39, 0.29) is 17.7 Å². The third-order valence-corrected chi connectivity index (χ3v) is 7.46. The number of esters is 1. The van der Waals surface area contributed by atoms with E-state index in [1.807, 2.05) is 55.5 Å². The molecule has 0 aliphatic carbocycles. The van der Waals surface area contributed by atoms with E-state index in [0.717, 1.165) is 16.7 Å². The molecular weight excluding hydrogens is 548 g/mol. The molecule has 43 heavy (non-hydrogen) atoms. The predicted molar refractivity (Wildman–Crippen MR) is 162 cm³/mol. The first kappa shape index (κ1) is 29.8. The monoisotopic (exact) mass is 584 g/mol. The number of aromatic nitrogens is 3. The summed E-state index contributed by atoms with van der Waals surface area (Å²) >= 11 is 0. The van der Waals surface area contributed by atoms with Gasteiger partial charge in [-0.25, -0.2) is 9.97 Å². The zero-order valence-electron chi connectivity index (χ0n) is 24.3. The largest absolute Gasteiger partial charge is 0.493 e. The van der Waals surface area contributed by atoms with Gasteiger partial charge in [0.15, 0.2) is 11.9 Å². The molecule has 4 aromatic rings. The van der Waals surface area contributed by atoms with Gasteiger partial charge in [0.25, 0.3) is 0 Å². The fraction of sp³-hybridized carbons (Fsp3) is 0.375. The number of ether oxygens (including phenoxy) is 3. The molecule has 3 unspecified atom stereocenters. The van der Waals surface area contributed by atoms with Gasteiger partial charge in [0.2, 0.25) is 0 Å². The molecule has 11 nitrogen and oxygen atoms in total. The summed E-state index contributed by atoms with van der Waals surface area (Å²) in [7, 11) is 0. The topological polar surface area (TPSA) is 158 Å². The van der Waals surface area contributed by atoms with Crippen molar-refractivity contribution in [1.82, 2.24) is 14.5 Å². The highest BCUT2D eigenvalue weighted by Crippen LogP contribution is 2.41. The summed E-state index contributed by atoms with van der Waals surface area (Å²) in [6, 6.07) is 18.3. The van der Waals surface area contributed by atoms with Crippen LogP contribution in [0.25, 0.3) is 22.2 Å². The van der Waals surface area contributed by atoms with E-state index in [1.54, 1.807) is 11.5 Å². The van der Waals surface area contributed by atoms with Crippen LogP contribution in [-0.2, 0) is 20.8 Å². The zero-order chi connectivity index (χ0) is 30.3. The number of aliphatic hydroxyl groups is 1. The third kappa shape index (κ3) is 6.56. The van der Waals surface area contributed by atoms with Crippen molar-refractivity contribution in [3.05, 3.63) is 66.0 Å². The molecule has 1 fully saturated rings. The number of aliphatic hydroxyl groups excluding tert-OH is 1. The first-order valence-electron chi connectivity index (χ1n) is 14.5. The highest BCUT2D eigenvalue weighted by atomic mass is 16.6. The van der Waals surface area contributed by atoms with E-state index in [0.29, 0.717) is 73.6 Å². The number of anilines is 2. The van der Waals surface area contributed by atoms with Crippen LogP contribution in [0.4, 0.5) is 11.6 Å². The van der Waals surface area contributed by atoms with Crippen LogP contribution < -0.4 is 15.8 Å². The Morgan fingerprint density at radius 1 is 1.23 bits per heavy atom. The first-order chi connectivity index (χ1) is 20.9. The number of nitrogens with two attached hydrogens (primary N) is 1. The van der Waals surface area contributed by atoms with E-state index in [1.165, 1.54) is 6.33 Å². The van der Waals surface area contributed by atoms with Crippen molar-refractivity contribution in [3.8, 4) is 22.9 Å². The van der Waals surface area contributed by atoms with Crippen molar-refractivity contribution in [2.24, 2.45) is 5.92 Å². The lowest BCUT2D eigenvalue weighted by Gasteiger charge is -2.21. The van der Waals surface area contributed by atoms with Gasteiger partial charge in [0.1, 0.15) is 41.6 Å². The highest BCUT2D eigenvalue weighted by Gasteiger charge is 2.36. The Morgan fingerprint density at radius 2 is 2.05 bits per heavy atom. The summed E-state index contributed by atoms with van der Waals surface area (Å²) in [6.07, 6.45) is 2.07. The molecule has 11 heteroatoms. The molecule has 3 heterocycles. The second-order valence-corrected chi connectivity index (χ2v) is 10.5. The minimum Gasteiger partial charge on any atom is -0.493 e. The van der Waals surface area contributed by atoms with Crippen molar-refractivity contribution in [1.29, 1.82) is 5.26 Å². The summed E-state index contributed by atoms with van der Waals surface area (Å²) in [5.74, 6) is 1.16. The Bertz CT molecular complexity index is 1620. The molecule has 2 aromatic carbocycles. The fourth-order valence-corrected chi connectivity index (χ4v) is 5.41. The van der Waals surface area contributed by atoms with Gasteiger partial charge in [0.05, 0.1) is 18.6 Å². The Hall–Kier alpha value is -4.66. The van der Waals surface area contributed by atoms with Crippen LogP contribution in [0.5, 0.6) is 5.75 Å². The summed E-state index contributed by atoms with van der Waals surface area (Å²) in [5, 5.41) is 24.2.